The Bertz CT molecular complexity index is 343. The Hall–Kier alpha value is -0.350. The molecular weight excluding hydrogens is 256 g/mol. The highest BCUT2D eigenvalue weighted by Gasteiger charge is 2.23. The second kappa shape index (κ2) is 4.66. The number of aliphatic hydroxyl groups excluding tert-OH is 1. The molecule has 0 atom stereocenters. The van der Waals surface area contributed by atoms with Gasteiger partial charge in [-0.15, -0.1) is 0 Å². The molecule has 1 fully saturated rings. The molecule has 4 heteroatoms. The van der Waals surface area contributed by atoms with Crippen LogP contribution in [0.1, 0.15) is 43.1 Å². The molecule has 0 aliphatic heterocycles. The number of aromatic nitrogens is 2. The monoisotopic (exact) mass is 272 g/mol. The molecule has 1 aliphatic carbocycles. The van der Waals surface area contributed by atoms with Gasteiger partial charge in [0.25, 0.3) is 0 Å². The number of imidazole rings is 1. The topological polar surface area (TPSA) is 38.0 Å². The first-order chi connectivity index (χ1) is 7.24. The van der Waals surface area contributed by atoms with Crippen molar-refractivity contribution in [1.29, 1.82) is 0 Å². The van der Waals surface area contributed by atoms with E-state index in [1.54, 1.807) is 0 Å². The number of hydrogen-bond acceptors (Lipinski definition) is 2. The summed E-state index contributed by atoms with van der Waals surface area (Å²) in [5, 5.41) is 8.98. The largest absolute Gasteiger partial charge is 0.396 e. The lowest BCUT2D eigenvalue weighted by molar-refractivity contribution is 0.296. The van der Waals surface area contributed by atoms with E-state index in [0.717, 1.165) is 10.3 Å². The van der Waals surface area contributed by atoms with E-state index in [1.807, 2.05) is 0 Å². The molecule has 1 heterocycles. The summed E-state index contributed by atoms with van der Waals surface area (Å²) in [5.41, 5.74) is 1.11. The predicted molar refractivity (Wildman–Crippen MR) is 62.9 cm³/mol. The normalized spacial score (nSPS) is 17.5. The highest BCUT2D eigenvalue weighted by molar-refractivity contribution is 9.10. The van der Waals surface area contributed by atoms with Crippen molar-refractivity contribution < 1.29 is 5.11 Å². The van der Waals surface area contributed by atoms with Crippen LogP contribution in [0.15, 0.2) is 4.60 Å². The molecule has 1 aromatic heterocycles. The van der Waals surface area contributed by atoms with E-state index >= 15 is 0 Å². The third-order valence-electron chi connectivity index (χ3n) is 3.27. The standard InChI is InChI=1S/C11H17BrN2O/c1-14-9(6-7-15)10(12)13-11(14)8-4-2-3-5-8/h8,15H,2-7H2,1H3. The summed E-state index contributed by atoms with van der Waals surface area (Å²) in [4.78, 5) is 4.58. The lowest BCUT2D eigenvalue weighted by Crippen LogP contribution is -2.06. The zero-order chi connectivity index (χ0) is 10.8. The molecule has 3 nitrogen and oxygen atoms in total. The first-order valence-electron chi connectivity index (χ1n) is 5.56. The van der Waals surface area contributed by atoms with Crippen LogP contribution in [0, 0.1) is 0 Å². The van der Waals surface area contributed by atoms with Crippen molar-refractivity contribution in [2.75, 3.05) is 6.61 Å². The summed E-state index contributed by atoms with van der Waals surface area (Å²) >= 11 is 3.47. The van der Waals surface area contributed by atoms with Crippen LogP contribution < -0.4 is 0 Å². The first kappa shape index (κ1) is 11.1. The smallest absolute Gasteiger partial charge is 0.127 e. The maximum atomic E-state index is 8.98. The fraction of sp³-hybridized carbons (Fsp3) is 0.727. The van der Waals surface area contributed by atoms with Gasteiger partial charge < -0.3 is 9.67 Å². The van der Waals surface area contributed by atoms with Crippen molar-refractivity contribution in [3.63, 3.8) is 0 Å². The van der Waals surface area contributed by atoms with Crippen LogP contribution >= 0.6 is 15.9 Å². The molecule has 1 aromatic rings. The molecule has 1 saturated carbocycles. The van der Waals surface area contributed by atoms with Gasteiger partial charge in [-0.3, -0.25) is 0 Å². The second-order valence-electron chi connectivity index (χ2n) is 4.22. The van der Waals surface area contributed by atoms with Gasteiger partial charge in [0.05, 0.1) is 5.69 Å². The third-order valence-corrected chi connectivity index (χ3v) is 3.90. The zero-order valence-electron chi connectivity index (χ0n) is 9.04. The predicted octanol–water partition coefficient (Wildman–Crippen LogP) is 2.38. The maximum Gasteiger partial charge on any atom is 0.127 e. The minimum atomic E-state index is 0.183. The van der Waals surface area contributed by atoms with Crippen LogP contribution in [0.4, 0.5) is 0 Å². The molecule has 0 spiro atoms. The van der Waals surface area contributed by atoms with Gasteiger partial charge in [0, 0.05) is 26.0 Å². The van der Waals surface area contributed by atoms with Crippen molar-refractivity contribution in [3.05, 3.63) is 16.1 Å². The fourth-order valence-corrected chi connectivity index (χ4v) is 3.09. The highest BCUT2D eigenvalue weighted by atomic mass is 79.9. The number of aliphatic hydroxyl groups is 1. The molecule has 84 valence electrons. The Labute approximate surface area is 98.6 Å². The van der Waals surface area contributed by atoms with Gasteiger partial charge in [-0.2, -0.15) is 0 Å². The minimum absolute atomic E-state index is 0.183. The molecule has 0 unspecified atom stereocenters. The molecular formula is C11H17BrN2O. The van der Waals surface area contributed by atoms with E-state index in [9.17, 15) is 0 Å². The summed E-state index contributed by atoms with van der Waals surface area (Å²) < 4.78 is 3.05. The molecule has 0 saturated heterocycles. The zero-order valence-corrected chi connectivity index (χ0v) is 10.6. The van der Waals surface area contributed by atoms with Gasteiger partial charge in [0.15, 0.2) is 0 Å². The summed E-state index contributed by atoms with van der Waals surface area (Å²) in [6.45, 7) is 0.183. The minimum Gasteiger partial charge on any atom is -0.396 e. The first-order valence-corrected chi connectivity index (χ1v) is 6.35. The van der Waals surface area contributed by atoms with E-state index < -0.39 is 0 Å². The quantitative estimate of drug-likeness (QED) is 0.918. The van der Waals surface area contributed by atoms with Gasteiger partial charge in [0.1, 0.15) is 10.4 Å². The summed E-state index contributed by atoms with van der Waals surface area (Å²) in [6, 6.07) is 0. The Balaban J connectivity index is 2.27. The van der Waals surface area contributed by atoms with Gasteiger partial charge in [0.2, 0.25) is 0 Å². The van der Waals surface area contributed by atoms with E-state index in [0.29, 0.717) is 12.3 Å². The van der Waals surface area contributed by atoms with Gasteiger partial charge >= 0.3 is 0 Å². The van der Waals surface area contributed by atoms with Crippen LogP contribution in [0.2, 0.25) is 0 Å². The van der Waals surface area contributed by atoms with Crippen molar-refractivity contribution in [3.8, 4) is 0 Å². The van der Waals surface area contributed by atoms with E-state index in [1.165, 1.54) is 31.5 Å². The van der Waals surface area contributed by atoms with E-state index in [-0.39, 0.29) is 6.61 Å². The Morgan fingerprint density at radius 1 is 1.47 bits per heavy atom. The van der Waals surface area contributed by atoms with Gasteiger partial charge in [-0.05, 0) is 28.8 Å². The SMILES string of the molecule is Cn1c(C2CCCC2)nc(Br)c1CCO. The Morgan fingerprint density at radius 3 is 2.73 bits per heavy atom. The highest BCUT2D eigenvalue weighted by Crippen LogP contribution is 2.35. The fourth-order valence-electron chi connectivity index (χ4n) is 2.44. The Morgan fingerprint density at radius 2 is 2.13 bits per heavy atom. The van der Waals surface area contributed by atoms with Crippen LogP contribution in [0.3, 0.4) is 0 Å². The lowest BCUT2D eigenvalue weighted by Gasteiger charge is -2.10. The second-order valence-corrected chi connectivity index (χ2v) is 4.97. The average Bonchev–Trinajstić information content (AvgIpc) is 2.81. The van der Waals surface area contributed by atoms with Crippen LogP contribution in [0.25, 0.3) is 0 Å². The number of halogens is 1. The molecule has 0 bridgehead atoms. The number of nitrogens with zero attached hydrogens (tertiary/aromatic N) is 2. The van der Waals surface area contributed by atoms with E-state index in [2.05, 4.69) is 32.5 Å². The molecule has 2 rings (SSSR count). The summed E-state index contributed by atoms with van der Waals surface area (Å²) in [7, 11) is 2.05. The van der Waals surface area contributed by atoms with Crippen LogP contribution in [0.5, 0.6) is 0 Å². The number of rotatable bonds is 3. The van der Waals surface area contributed by atoms with Gasteiger partial charge in [-0.1, -0.05) is 12.8 Å². The maximum absolute atomic E-state index is 8.98. The number of hydrogen-bond donors (Lipinski definition) is 1. The molecule has 1 aliphatic rings. The Kier molecular flexibility index (Phi) is 3.46. The molecule has 0 amide bonds. The molecule has 15 heavy (non-hydrogen) atoms. The van der Waals surface area contributed by atoms with Crippen molar-refractivity contribution in [1.82, 2.24) is 9.55 Å². The summed E-state index contributed by atoms with van der Waals surface area (Å²) in [5.74, 6) is 1.81. The molecule has 1 N–H and O–H groups in total. The van der Waals surface area contributed by atoms with Crippen LogP contribution in [-0.2, 0) is 13.5 Å². The van der Waals surface area contributed by atoms with Gasteiger partial charge in [-0.25, -0.2) is 4.98 Å². The van der Waals surface area contributed by atoms with Crippen molar-refractivity contribution in [2.45, 2.75) is 38.0 Å². The van der Waals surface area contributed by atoms with Crippen LogP contribution in [-0.4, -0.2) is 21.3 Å². The molecule has 0 aromatic carbocycles. The van der Waals surface area contributed by atoms with E-state index in [4.69, 9.17) is 5.11 Å². The summed E-state index contributed by atoms with van der Waals surface area (Å²) in [6.07, 6.45) is 5.84. The lowest BCUT2D eigenvalue weighted by atomic mass is 10.1. The third kappa shape index (κ3) is 2.11. The molecule has 0 radical (unpaired) electrons. The average molecular weight is 273 g/mol. The van der Waals surface area contributed by atoms with Crippen molar-refractivity contribution in [2.24, 2.45) is 7.05 Å². The van der Waals surface area contributed by atoms with Crippen molar-refractivity contribution >= 4 is 15.9 Å².